The zero-order chi connectivity index (χ0) is 36.9. The van der Waals surface area contributed by atoms with Crippen LogP contribution in [-0.4, -0.2) is 16.8 Å². The maximum atomic E-state index is 4.39. The summed E-state index contributed by atoms with van der Waals surface area (Å²) in [6, 6.07) is 46.0. The monoisotopic (exact) mass is 716 g/mol. The third-order valence-electron chi connectivity index (χ3n) is 11.3. The Balaban J connectivity index is 1.33. The maximum Gasteiger partial charge on any atom is 0.328 e. The maximum absolute atomic E-state index is 4.39. The van der Waals surface area contributed by atoms with E-state index in [1.54, 1.807) is 6.33 Å². The second kappa shape index (κ2) is 11.9. The molecule has 4 nitrogen and oxygen atoms in total. The van der Waals surface area contributed by atoms with Gasteiger partial charge in [0.25, 0.3) is 0 Å². The molecule has 0 bridgehead atoms. The standard InChI is InChI=1S/C48H41BN4S/c1-47(2,3)32-17-20-41-42(24-32)52(35-12-8-7-9-13-35)43-25-33(48(4,5)6)23-39-37-22-30(31-27-50-29-51-28-31)16-19-40(37)49(53(41)46(39)43)34-18-21-45-38(26-34)36-14-10-11-15-44(36)54-45/h7-29H,1-6H3. The Labute approximate surface area is 321 Å². The van der Waals surface area contributed by atoms with Crippen LogP contribution >= 0.6 is 11.3 Å². The van der Waals surface area contributed by atoms with Crippen LogP contribution in [-0.2, 0) is 10.8 Å². The van der Waals surface area contributed by atoms with Crippen LogP contribution < -0.4 is 20.6 Å². The molecule has 0 N–H and O–H groups in total. The van der Waals surface area contributed by atoms with Crippen molar-refractivity contribution in [1.82, 2.24) is 9.97 Å². The molecule has 0 aliphatic carbocycles. The number of benzene rings is 6. The number of thiophene rings is 1. The van der Waals surface area contributed by atoms with Crippen molar-refractivity contribution in [2.24, 2.45) is 0 Å². The molecule has 6 heteroatoms. The van der Waals surface area contributed by atoms with Gasteiger partial charge in [-0.05, 0) is 104 Å². The van der Waals surface area contributed by atoms with E-state index in [1.165, 1.54) is 76.1 Å². The Hall–Kier alpha value is -5.72. The van der Waals surface area contributed by atoms with Crippen LogP contribution in [0.4, 0.5) is 28.4 Å². The van der Waals surface area contributed by atoms with E-state index < -0.39 is 0 Å². The van der Waals surface area contributed by atoms with Crippen LogP contribution in [0.5, 0.6) is 0 Å². The second-order valence-electron chi connectivity index (χ2n) is 16.8. The van der Waals surface area contributed by atoms with Crippen molar-refractivity contribution in [3.8, 4) is 22.3 Å². The highest BCUT2D eigenvalue weighted by molar-refractivity contribution is 7.25. The predicted molar refractivity (Wildman–Crippen MR) is 231 cm³/mol. The lowest BCUT2D eigenvalue weighted by Gasteiger charge is -2.48. The van der Waals surface area contributed by atoms with Gasteiger partial charge in [0.05, 0.1) is 22.7 Å². The van der Waals surface area contributed by atoms with Gasteiger partial charge in [0, 0.05) is 44.0 Å². The number of para-hydroxylation sites is 1. The van der Waals surface area contributed by atoms with Gasteiger partial charge in [-0.25, -0.2) is 9.97 Å². The molecule has 0 radical (unpaired) electrons. The molecule has 0 atom stereocenters. The minimum Gasteiger partial charge on any atom is -0.373 e. The van der Waals surface area contributed by atoms with Crippen molar-refractivity contribution in [2.75, 3.05) is 9.71 Å². The summed E-state index contributed by atoms with van der Waals surface area (Å²) in [7, 11) is 0. The Morgan fingerprint density at radius 1 is 0.556 bits per heavy atom. The topological polar surface area (TPSA) is 32.3 Å². The lowest BCUT2D eigenvalue weighted by atomic mass is 9.45. The SMILES string of the molecule is CC(C)(C)c1ccc2c(c1)N(c1ccccc1)c1cc(C(C)(C)C)cc3c1N2B(c1ccc2sc4ccccc4c2c1)c1ccc(-c2cncnc2)cc1-3. The Bertz CT molecular complexity index is 2760. The molecule has 2 aliphatic rings. The summed E-state index contributed by atoms with van der Waals surface area (Å²) in [5, 5.41) is 2.63. The minimum absolute atomic E-state index is 0.0213. The van der Waals surface area contributed by atoms with E-state index in [-0.39, 0.29) is 17.7 Å². The Kier molecular flexibility index (Phi) is 7.25. The number of fused-ring (bicyclic) bond motifs is 7. The summed E-state index contributed by atoms with van der Waals surface area (Å²) in [5.74, 6) is 0. The summed E-state index contributed by atoms with van der Waals surface area (Å²) in [6.45, 7) is 13.8. The van der Waals surface area contributed by atoms with Crippen molar-refractivity contribution < 1.29 is 0 Å². The van der Waals surface area contributed by atoms with Gasteiger partial charge in [-0.1, -0.05) is 108 Å². The Morgan fingerprint density at radius 2 is 1.28 bits per heavy atom. The van der Waals surface area contributed by atoms with Gasteiger partial charge >= 0.3 is 6.85 Å². The first-order valence-corrected chi connectivity index (χ1v) is 19.6. The summed E-state index contributed by atoms with van der Waals surface area (Å²) >= 11 is 1.87. The van der Waals surface area contributed by atoms with E-state index in [0.717, 1.165) is 16.8 Å². The van der Waals surface area contributed by atoms with Crippen LogP contribution in [0, 0.1) is 0 Å². The van der Waals surface area contributed by atoms with Crippen LogP contribution in [0.1, 0.15) is 52.7 Å². The largest absolute Gasteiger partial charge is 0.373 e. The molecule has 0 spiro atoms. The molecule has 2 aliphatic heterocycles. The van der Waals surface area contributed by atoms with Gasteiger partial charge in [-0.15, -0.1) is 11.3 Å². The first-order valence-electron chi connectivity index (χ1n) is 18.8. The second-order valence-corrected chi connectivity index (χ2v) is 17.9. The summed E-state index contributed by atoms with van der Waals surface area (Å²) in [6.07, 6.45) is 5.43. The average molecular weight is 717 g/mol. The molecular weight excluding hydrogens is 675 g/mol. The molecule has 2 aromatic heterocycles. The van der Waals surface area contributed by atoms with Gasteiger partial charge in [-0.2, -0.15) is 0 Å². The van der Waals surface area contributed by atoms with Crippen molar-refractivity contribution in [3.05, 3.63) is 151 Å². The number of nitrogens with zero attached hydrogens (tertiary/aromatic N) is 4. The lowest BCUT2D eigenvalue weighted by Crippen LogP contribution is -2.58. The molecule has 0 amide bonds. The number of rotatable bonds is 3. The number of aromatic nitrogens is 2. The van der Waals surface area contributed by atoms with Crippen LogP contribution in [0.3, 0.4) is 0 Å². The minimum atomic E-state index is -0.0841. The zero-order valence-corrected chi connectivity index (χ0v) is 32.4. The molecule has 54 heavy (non-hydrogen) atoms. The van der Waals surface area contributed by atoms with E-state index in [2.05, 4.69) is 183 Å². The first kappa shape index (κ1) is 32.9. The van der Waals surface area contributed by atoms with Crippen molar-refractivity contribution in [3.63, 3.8) is 0 Å². The Morgan fingerprint density at radius 3 is 2.06 bits per heavy atom. The quantitative estimate of drug-likeness (QED) is 0.170. The fourth-order valence-electron chi connectivity index (χ4n) is 8.46. The van der Waals surface area contributed by atoms with Crippen molar-refractivity contribution in [2.45, 2.75) is 52.4 Å². The van der Waals surface area contributed by atoms with Gasteiger partial charge < -0.3 is 9.71 Å². The third kappa shape index (κ3) is 5.11. The molecular formula is C48H41BN4S. The smallest absolute Gasteiger partial charge is 0.328 e. The van der Waals surface area contributed by atoms with Gasteiger partial charge in [0.1, 0.15) is 6.33 Å². The van der Waals surface area contributed by atoms with Crippen LogP contribution in [0.2, 0.25) is 0 Å². The number of anilines is 5. The molecule has 6 aromatic carbocycles. The molecule has 0 fully saturated rings. The molecule has 0 saturated heterocycles. The van der Waals surface area contributed by atoms with Crippen molar-refractivity contribution in [1.29, 1.82) is 0 Å². The average Bonchev–Trinajstić information content (AvgIpc) is 3.55. The number of hydrogen-bond donors (Lipinski definition) is 0. The van der Waals surface area contributed by atoms with Crippen molar-refractivity contribution >= 4 is 77.7 Å². The van der Waals surface area contributed by atoms with E-state index in [1.807, 2.05) is 23.7 Å². The van der Waals surface area contributed by atoms with Gasteiger partial charge in [0.15, 0.2) is 0 Å². The molecule has 0 saturated carbocycles. The predicted octanol–water partition coefficient (Wildman–Crippen LogP) is 11.8. The molecule has 0 unspecified atom stereocenters. The van der Waals surface area contributed by atoms with E-state index in [4.69, 9.17) is 0 Å². The normalized spacial score (nSPS) is 13.6. The molecule has 4 heterocycles. The third-order valence-corrected chi connectivity index (χ3v) is 12.5. The molecule has 8 aromatic rings. The summed E-state index contributed by atoms with van der Waals surface area (Å²) in [5.41, 5.74) is 15.7. The molecule has 262 valence electrons. The first-order chi connectivity index (χ1) is 26.0. The van der Waals surface area contributed by atoms with E-state index in [0.29, 0.717) is 0 Å². The highest BCUT2D eigenvalue weighted by atomic mass is 32.1. The summed E-state index contributed by atoms with van der Waals surface area (Å²) < 4.78 is 2.64. The fraction of sp³-hybridized carbons (Fsp3) is 0.167. The highest BCUT2D eigenvalue weighted by Crippen LogP contribution is 2.58. The molecule has 10 rings (SSSR count). The summed E-state index contributed by atoms with van der Waals surface area (Å²) in [4.78, 5) is 14.0. The van der Waals surface area contributed by atoms with E-state index in [9.17, 15) is 0 Å². The fourth-order valence-corrected chi connectivity index (χ4v) is 9.55. The highest BCUT2D eigenvalue weighted by Gasteiger charge is 2.44. The van der Waals surface area contributed by atoms with Gasteiger partial charge in [-0.3, -0.25) is 0 Å². The zero-order valence-electron chi connectivity index (χ0n) is 31.6. The van der Waals surface area contributed by atoms with Crippen LogP contribution in [0.15, 0.2) is 140 Å². The number of hydrogen-bond acceptors (Lipinski definition) is 5. The lowest BCUT2D eigenvalue weighted by molar-refractivity contribution is 0.590. The van der Waals surface area contributed by atoms with Gasteiger partial charge in [0.2, 0.25) is 0 Å². The van der Waals surface area contributed by atoms with E-state index >= 15 is 0 Å². The van der Waals surface area contributed by atoms with Crippen LogP contribution in [0.25, 0.3) is 42.4 Å².